The molecule has 1 aliphatic heterocycles. The first-order chi connectivity index (χ1) is 7.93. The summed E-state index contributed by atoms with van der Waals surface area (Å²) in [5.74, 6) is -1.88. The van der Waals surface area contributed by atoms with Crippen molar-refractivity contribution in [3.63, 3.8) is 0 Å². The fourth-order valence-electron chi connectivity index (χ4n) is 1.94. The number of likely N-dealkylation sites (tertiary alicyclic amines) is 1. The predicted molar refractivity (Wildman–Crippen MR) is 58.3 cm³/mol. The van der Waals surface area contributed by atoms with Crippen molar-refractivity contribution in [2.24, 2.45) is 5.92 Å². The van der Waals surface area contributed by atoms with Crippen molar-refractivity contribution in [1.29, 1.82) is 5.26 Å². The lowest BCUT2D eigenvalue weighted by molar-refractivity contribution is -0.162. The molecule has 1 rings (SSSR count). The molecule has 1 aliphatic rings. The van der Waals surface area contributed by atoms with Gasteiger partial charge >= 0.3 is 6.18 Å². The topological polar surface area (TPSA) is 30.3 Å². The Hall–Kier alpha value is -0.800. The van der Waals surface area contributed by atoms with Crippen LogP contribution in [0.2, 0.25) is 0 Å². The molecular weight excluding hydrogens is 231 g/mol. The molecule has 1 fully saturated rings. The summed E-state index contributed by atoms with van der Waals surface area (Å²) in [4.78, 5) is 3.82. The van der Waals surface area contributed by atoms with Gasteiger partial charge in [0.05, 0.1) is 6.07 Å². The van der Waals surface area contributed by atoms with Crippen LogP contribution in [0.15, 0.2) is 0 Å². The highest BCUT2D eigenvalue weighted by Gasteiger charge is 2.40. The molecule has 0 saturated carbocycles. The number of rotatable bonds is 5. The van der Waals surface area contributed by atoms with Crippen molar-refractivity contribution in [2.75, 3.05) is 39.8 Å². The van der Waals surface area contributed by atoms with Gasteiger partial charge in [0.25, 0.3) is 0 Å². The third kappa shape index (κ3) is 4.92. The summed E-state index contributed by atoms with van der Waals surface area (Å²) in [6.07, 6.45) is -2.07. The van der Waals surface area contributed by atoms with Gasteiger partial charge in [-0.15, -0.1) is 0 Å². The molecule has 17 heavy (non-hydrogen) atoms. The lowest BCUT2D eigenvalue weighted by Crippen LogP contribution is -2.38. The molecule has 0 radical (unpaired) electrons. The molecule has 3 nitrogen and oxygen atoms in total. The van der Waals surface area contributed by atoms with Crippen LogP contribution in [0, 0.1) is 17.2 Å². The number of halogens is 3. The third-order valence-corrected chi connectivity index (χ3v) is 3.04. The summed E-state index contributed by atoms with van der Waals surface area (Å²) in [6.45, 7) is 3.19. The van der Waals surface area contributed by atoms with Crippen LogP contribution in [-0.2, 0) is 0 Å². The Bertz CT molecular complexity index is 266. The molecule has 0 aromatic heterocycles. The standard InChI is InChI=1S/C11H18F3N3/c1-16(6-7-17-4-2-3-5-17)9-10(8-15)11(12,13)14/h10H,2-7,9H2,1H3. The molecule has 0 amide bonds. The summed E-state index contributed by atoms with van der Waals surface area (Å²) in [7, 11) is 1.63. The molecule has 1 heterocycles. The monoisotopic (exact) mass is 249 g/mol. The Kier molecular flexibility index (Phi) is 5.22. The van der Waals surface area contributed by atoms with E-state index in [0.29, 0.717) is 6.54 Å². The van der Waals surface area contributed by atoms with E-state index < -0.39 is 12.1 Å². The summed E-state index contributed by atoms with van der Waals surface area (Å²) in [6, 6.07) is 1.32. The average Bonchev–Trinajstić information content (AvgIpc) is 2.74. The van der Waals surface area contributed by atoms with E-state index in [1.807, 2.05) is 0 Å². The van der Waals surface area contributed by atoms with Gasteiger partial charge in [-0.05, 0) is 33.0 Å². The quantitative estimate of drug-likeness (QED) is 0.743. The zero-order chi connectivity index (χ0) is 12.9. The van der Waals surface area contributed by atoms with Crippen LogP contribution in [-0.4, -0.2) is 55.7 Å². The minimum absolute atomic E-state index is 0.242. The van der Waals surface area contributed by atoms with Crippen molar-refractivity contribution < 1.29 is 13.2 Å². The zero-order valence-electron chi connectivity index (χ0n) is 10.0. The van der Waals surface area contributed by atoms with E-state index in [1.54, 1.807) is 11.9 Å². The Balaban J connectivity index is 2.27. The summed E-state index contributed by atoms with van der Waals surface area (Å²) >= 11 is 0. The maximum atomic E-state index is 12.4. The maximum absolute atomic E-state index is 12.4. The maximum Gasteiger partial charge on any atom is 0.405 e. The van der Waals surface area contributed by atoms with Gasteiger partial charge in [0.2, 0.25) is 0 Å². The number of alkyl halides is 3. The fraction of sp³-hybridized carbons (Fsp3) is 0.909. The van der Waals surface area contributed by atoms with Crippen molar-refractivity contribution in [3.8, 4) is 6.07 Å². The minimum atomic E-state index is -4.42. The minimum Gasteiger partial charge on any atom is -0.303 e. The first-order valence-electron chi connectivity index (χ1n) is 5.80. The van der Waals surface area contributed by atoms with Crippen LogP contribution < -0.4 is 0 Å². The van der Waals surface area contributed by atoms with E-state index in [-0.39, 0.29) is 6.54 Å². The highest BCUT2D eigenvalue weighted by Crippen LogP contribution is 2.26. The SMILES string of the molecule is CN(CCN1CCCC1)CC(C#N)C(F)(F)F. The van der Waals surface area contributed by atoms with E-state index in [9.17, 15) is 13.2 Å². The van der Waals surface area contributed by atoms with Gasteiger partial charge in [-0.25, -0.2) is 0 Å². The van der Waals surface area contributed by atoms with Crippen LogP contribution in [0.5, 0.6) is 0 Å². The van der Waals surface area contributed by atoms with E-state index in [0.717, 1.165) is 19.6 Å². The van der Waals surface area contributed by atoms with E-state index in [2.05, 4.69) is 4.90 Å². The average molecular weight is 249 g/mol. The highest BCUT2D eigenvalue weighted by molar-refractivity contribution is 4.90. The first-order valence-corrected chi connectivity index (χ1v) is 5.80. The van der Waals surface area contributed by atoms with E-state index in [1.165, 1.54) is 18.9 Å². The number of nitrogens with zero attached hydrogens (tertiary/aromatic N) is 3. The van der Waals surface area contributed by atoms with E-state index in [4.69, 9.17) is 5.26 Å². The Morgan fingerprint density at radius 3 is 2.41 bits per heavy atom. The molecule has 98 valence electrons. The molecule has 1 unspecified atom stereocenters. The van der Waals surface area contributed by atoms with Gasteiger partial charge in [0.15, 0.2) is 5.92 Å². The summed E-state index contributed by atoms with van der Waals surface area (Å²) in [5.41, 5.74) is 0. The molecular formula is C11H18F3N3. The smallest absolute Gasteiger partial charge is 0.303 e. The Morgan fingerprint density at radius 1 is 1.35 bits per heavy atom. The Labute approximate surface area is 99.8 Å². The van der Waals surface area contributed by atoms with Crippen molar-refractivity contribution >= 4 is 0 Å². The predicted octanol–water partition coefficient (Wildman–Crippen LogP) is 1.72. The second-order valence-electron chi connectivity index (χ2n) is 4.53. The van der Waals surface area contributed by atoms with Gasteiger partial charge in [0.1, 0.15) is 0 Å². The van der Waals surface area contributed by atoms with Crippen LogP contribution >= 0.6 is 0 Å². The highest BCUT2D eigenvalue weighted by atomic mass is 19.4. The van der Waals surface area contributed by atoms with Crippen molar-refractivity contribution in [3.05, 3.63) is 0 Å². The van der Waals surface area contributed by atoms with Crippen molar-refractivity contribution in [1.82, 2.24) is 9.80 Å². The molecule has 0 spiro atoms. The molecule has 0 N–H and O–H groups in total. The number of hydrogen-bond donors (Lipinski definition) is 0. The van der Waals surface area contributed by atoms with Gasteiger partial charge in [-0.2, -0.15) is 18.4 Å². The largest absolute Gasteiger partial charge is 0.405 e. The molecule has 0 bridgehead atoms. The van der Waals surface area contributed by atoms with Gasteiger partial charge < -0.3 is 9.80 Å². The molecule has 6 heteroatoms. The van der Waals surface area contributed by atoms with E-state index >= 15 is 0 Å². The second kappa shape index (κ2) is 6.22. The normalized spacial score (nSPS) is 19.5. The van der Waals surface area contributed by atoms with Crippen LogP contribution in [0.25, 0.3) is 0 Å². The fourth-order valence-corrected chi connectivity index (χ4v) is 1.94. The van der Waals surface area contributed by atoms with Gasteiger partial charge in [0, 0.05) is 19.6 Å². The zero-order valence-corrected chi connectivity index (χ0v) is 10.0. The van der Waals surface area contributed by atoms with Crippen LogP contribution in [0.4, 0.5) is 13.2 Å². The molecule has 0 aromatic carbocycles. The summed E-state index contributed by atoms with van der Waals surface area (Å²) < 4.78 is 37.1. The van der Waals surface area contributed by atoms with Crippen LogP contribution in [0.3, 0.4) is 0 Å². The Morgan fingerprint density at radius 2 is 1.94 bits per heavy atom. The first kappa shape index (κ1) is 14.3. The van der Waals surface area contributed by atoms with Crippen molar-refractivity contribution in [2.45, 2.75) is 19.0 Å². The number of hydrogen-bond acceptors (Lipinski definition) is 3. The molecule has 1 saturated heterocycles. The summed E-state index contributed by atoms with van der Waals surface area (Å²) in [5, 5.41) is 8.48. The number of likely N-dealkylation sites (N-methyl/N-ethyl adjacent to an activating group) is 1. The molecule has 0 aliphatic carbocycles. The number of nitriles is 1. The second-order valence-corrected chi connectivity index (χ2v) is 4.53. The van der Waals surface area contributed by atoms with Crippen LogP contribution in [0.1, 0.15) is 12.8 Å². The molecule has 0 aromatic rings. The lowest BCUT2D eigenvalue weighted by Gasteiger charge is -2.24. The van der Waals surface area contributed by atoms with Gasteiger partial charge in [-0.1, -0.05) is 0 Å². The third-order valence-electron chi connectivity index (χ3n) is 3.04. The van der Waals surface area contributed by atoms with Gasteiger partial charge in [-0.3, -0.25) is 0 Å². The molecule has 1 atom stereocenters. The lowest BCUT2D eigenvalue weighted by atomic mass is 10.1.